The number of rotatable bonds is 4. The zero-order chi connectivity index (χ0) is 32.3. The Labute approximate surface area is 284 Å². The van der Waals surface area contributed by atoms with E-state index < -0.39 is 0 Å². The van der Waals surface area contributed by atoms with E-state index in [0.717, 1.165) is 33.1 Å². The van der Waals surface area contributed by atoms with Crippen LogP contribution in [0, 0.1) is 0 Å². The molecule has 9 aromatic carbocycles. The van der Waals surface area contributed by atoms with Gasteiger partial charge in [-0.25, -0.2) is 0 Å². The highest BCUT2D eigenvalue weighted by Crippen LogP contribution is 2.46. The molecule has 0 unspecified atom stereocenters. The first-order chi connectivity index (χ1) is 24.3. The van der Waals surface area contributed by atoms with Gasteiger partial charge in [0.25, 0.3) is 0 Å². The highest BCUT2D eigenvalue weighted by Gasteiger charge is 2.19. The van der Waals surface area contributed by atoms with Crippen LogP contribution in [0.15, 0.2) is 186 Å². The number of fused-ring (bicyclic) bond motifs is 6. The fraction of sp³-hybridized carbons (Fsp3) is 0. The molecule has 0 saturated carbocycles. The van der Waals surface area contributed by atoms with Crippen molar-refractivity contribution in [3.05, 3.63) is 182 Å². The van der Waals surface area contributed by atoms with Crippen molar-refractivity contribution in [3.63, 3.8) is 0 Å². The molecule has 0 atom stereocenters. The maximum absolute atomic E-state index is 6.55. The molecule has 1 heterocycles. The predicted octanol–water partition coefficient (Wildman–Crippen LogP) is 13.7. The summed E-state index contributed by atoms with van der Waals surface area (Å²) in [6.07, 6.45) is 0. The molecule has 0 spiro atoms. The number of furan rings is 1. The Morgan fingerprint density at radius 1 is 0.286 bits per heavy atom. The van der Waals surface area contributed by atoms with Gasteiger partial charge in [-0.1, -0.05) is 158 Å². The van der Waals surface area contributed by atoms with Gasteiger partial charge < -0.3 is 4.42 Å². The van der Waals surface area contributed by atoms with Crippen molar-refractivity contribution >= 4 is 54.3 Å². The summed E-state index contributed by atoms with van der Waals surface area (Å²) in [6, 6.07) is 65.8. The molecule has 0 saturated heterocycles. The lowest BCUT2D eigenvalue weighted by atomic mass is 9.85. The molecule has 228 valence electrons. The summed E-state index contributed by atoms with van der Waals surface area (Å²) in [4.78, 5) is 0. The molecular weight excluding hydrogens is 593 g/mol. The van der Waals surface area contributed by atoms with Crippen molar-refractivity contribution in [2.75, 3.05) is 0 Å². The first kappa shape index (κ1) is 27.7. The van der Waals surface area contributed by atoms with E-state index in [1.807, 2.05) is 0 Å². The quantitative estimate of drug-likeness (QED) is 0.178. The SMILES string of the molecule is c1ccc(-c2cccc3c2oc2ccc(-c4c5ccccc5c(-c5cccc(-c6ccc7ccccc7c6)c5)c5ccccc45)cc23)cc1. The van der Waals surface area contributed by atoms with Crippen LogP contribution in [-0.2, 0) is 0 Å². The second kappa shape index (κ2) is 11.1. The summed E-state index contributed by atoms with van der Waals surface area (Å²) < 4.78 is 6.55. The van der Waals surface area contributed by atoms with Crippen molar-refractivity contribution in [3.8, 4) is 44.5 Å². The molecule has 0 amide bonds. The van der Waals surface area contributed by atoms with Crippen molar-refractivity contribution in [2.24, 2.45) is 0 Å². The van der Waals surface area contributed by atoms with Gasteiger partial charge in [-0.2, -0.15) is 0 Å². The molecule has 0 aliphatic carbocycles. The number of para-hydroxylation sites is 1. The molecule has 10 rings (SSSR count). The Hall–Kier alpha value is -6.44. The highest BCUT2D eigenvalue weighted by molar-refractivity contribution is 6.22. The summed E-state index contributed by atoms with van der Waals surface area (Å²) in [6.45, 7) is 0. The molecule has 1 nitrogen and oxygen atoms in total. The van der Waals surface area contributed by atoms with Gasteiger partial charge >= 0.3 is 0 Å². The number of benzene rings is 9. The van der Waals surface area contributed by atoms with Crippen LogP contribution < -0.4 is 0 Å². The molecule has 0 radical (unpaired) electrons. The van der Waals surface area contributed by atoms with Gasteiger partial charge in [-0.15, -0.1) is 0 Å². The predicted molar refractivity (Wildman–Crippen MR) is 208 cm³/mol. The molecule has 0 aliphatic rings. The summed E-state index contributed by atoms with van der Waals surface area (Å²) in [5, 5.41) is 9.75. The first-order valence-electron chi connectivity index (χ1n) is 16.8. The Morgan fingerprint density at radius 2 is 0.816 bits per heavy atom. The lowest BCUT2D eigenvalue weighted by Crippen LogP contribution is -1.91. The summed E-state index contributed by atoms with van der Waals surface area (Å²) >= 11 is 0. The van der Waals surface area contributed by atoms with Gasteiger partial charge in [-0.3, -0.25) is 0 Å². The first-order valence-corrected chi connectivity index (χ1v) is 16.8. The maximum Gasteiger partial charge on any atom is 0.143 e. The minimum Gasteiger partial charge on any atom is -0.455 e. The lowest BCUT2D eigenvalue weighted by Gasteiger charge is -2.18. The molecular formula is C48H30O. The van der Waals surface area contributed by atoms with Gasteiger partial charge in [0.1, 0.15) is 11.2 Å². The topological polar surface area (TPSA) is 13.1 Å². The van der Waals surface area contributed by atoms with Gasteiger partial charge in [0.05, 0.1) is 0 Å². The van der Waals surface area contributed by atoms with E-state index in [4.69, 9.17) is 4.42 Å². The van der Waals surface area contributed by atoms with Crippen molar-refractivity contribution in [1.82, 2.24) is 0 Å². The van der Waals surface area contributed by atoms with E-state index >= 15 is 0 Å². The average Bonchev–Trinajstić information content (AvgIpc) is 3.55. The minimum atomic E-state index is 0.901. The zero-order valence-corrected chi connectivity index (χ0v) is 26.7. The minimum absolute atomic E-state index is 0.901. The van der Waals surface area contributed by atoms with E-state index in [1.54, 1.807) is 0 Å². The molecule has 1 aromatic heterocycles. The third kappa shape index (κ3) is 4.47. The van der Waals surface area contributed by atoms with Crippen LogP contribution in [0.25, 0.3) is 98.8 Å². The van der Waals surface area contributed by atoms with Crippen molar-refractivity contribution in [2.45, 2.75) is 0 Å². The molecule has 49 heavy (non-hydrogen) atoms. The maximum atomic E-state index is 6.55. The summed E-state index contributed by atoms with van der Waals surface area (Å²) in [7, 11) is 0. The van der Waals surface area contributed by atoms with Crippen LogP contribution in [0.1, 0.15) is 0 Å². The normalized spacial score (nSPS) is 11.7. The Morgan fingerprint density at radius 3 is 1.55 bits per heavy atom. The van der Waals surface area contributed by atoms with Gasteiger partial charge in [0.15, 0.2) is 0 Å². The summed E-state index contributed by atoms with van der Waals surface area (Å²) in [5.41, 5.74) is 11.4. The van der Waals surface area contributed by atoms with E-state index in [2.05, 4.69) is 182 Å². The number of hydrogen-bond donors (Lipinski definition) is 0. The van der Waals surface area contributed by atoms with Gasteiger partial charge in [-0.05, 0) is 95.5 Å². The monoisotopic (exact) mass is 622 g/mol. The Kier molecular flexibility index (Phi) is 6.25. The van der Waals surface area contributed by atoms with Crippen LogP contribution in [0.3, 0.4) is 0 Å². The fourth-order valence-electron chi connectivity index (χ4n) is 7.77. The number of hydrogen-bond acceptors (Lipinski definition) is 1. The van der Waals surface area contributed by atoms with Crippen LogP contribution in [0.4, 0.5) is 0 Å². The molecule has 0 fully saturated rings. The van der Waals surface area contributed by atoms with E-state index in [9.17, 15) is 0 Å². The van der Waals surface area contributed by atoms with E-state index in [1.165, 1.54) is 65.7 Å². The zero-order valence-electron chi connectivity index (χ0n) is 26.7. The van der Waals surface area contributed by atoms with Crippen LogP contribution >= 0.6 is 0 Å². The van der Waals surface area contributed by atoms with Crippen LogP contribution in [-0.4, -0.2) is 0 Å². The second-order valence-electron chi connectivity index (χ2n) is 12.8. The van der Waals surface area contributed by atoms with Crippen LogP contribution in [0.5, 0.6) is 0 Å². The van der Waals surface area contributed by atoms with Crippen molar-refractivity contribution in [1.29, 1.82) is 0 Å². The van der Waals surface area contributed by atoms with Crippen molar-refractivity contribution < 1.29 is 4.42 Å². The third-order valence-corrected chi connectivity index (χ3v) is 10.0. The average molecular weight is 623 g/mol. The third-order valence-electron chi connectivity index (χ3n) is 10.0. The Balaban J connectivity index is 1.19. The fourth-order valence-corrected chi connectivity index (χ4v) is 7.77. The standard InChI is InChI=1S/C48H30O/c1-2-13-32(14-3-1)38-22-11-23-43-44-30-37(26-27-45(44)49-48(38)43)47-41-20-8-6-18-39(41)46(40-19-7-9-21-42(40)47)36-17-10-16-34(29-36)35-25-24-31-12-4-5-15-33(31)28-35/h1-30H. The summed E-state index contributed by atoms with van der Waals surface area (Å²) in [5.74, 6) is 0. The molecule has 0 bridgehead atoms. The van der Waals surface area contributed by atoms with Gasteiger partial charge in [0, 0.05) is 16.3 Å². The molecule has 10 aromatic rings. The highest BCUT2D eigenvalue weighted by atomic mass is 16.3. The molecule has 1 heteroatoms. The lowest BCUT2D eigenvalue weighted by molar-refractivity contribution is 0.670. The smallest absolute Gasteiger partial charge is 0.143 e. The van der Waals surface area contributed by atoms with Crippen LogP contribution in [0.2, 0.25) is 0 Å². The second-order valence-corrected chi connectivity index (χ2v) is 12.8. The largest absolute Gasteiger partial charge is 0.455 e. The van der Waals surface area contributed by atoms with E-state index in [-0.39, 0.29) is 0 Å². The van der Waals surface area contributed by atoms with E-state index in [0.29, 0.717) is 0 Å². The van der Waals surface area contributed by atoms with Gasteiger partial charge in [0.2, 0.25) is 0 Å². The molecule has 0 N–H and O–H groups in total. The Bertz CT molecular complexity index is 2820. The molecule has 0 aliphatic heterocycles.